The van der Waals surface area contributed by atoms with E-state index in [2.05, 4.69) is 53.7 Å². The van der Waals surface area contributed by atoms with Crippen molar-refractivity contribution in [1.29, 1.82) is 0 Å². The molecule has 4 heteroatoms. The fourth-order valence-corrected chi connectivity index (χ4v) is 1.98. The second-order valence-electron chi connectivity index (χ2n) is 5.01. The Hall–Kier alpha value is -1.55. The van der Waals surface area contributed by atoms with Gasteiger partial charge in [-0.3, -0.25) is 4.99 Å². The summed E-state index contributed by atoms with van der Waals surface area (Å²) < 4.78 is 5.33. The largest absolute Gasteiger partial charge is 0.382 e. The van der Waals surface area contributed by atoms with Gasteiger partial charge in [-0.2, -0.15) is 0 Å². The van der Waals surface area contributed by atoms with Crippen LogP contribution < -0.4 is 10.6 Å². The monoisotopic (exact) mass is 291 g/mol. The summed E-state index contributed by atoms with van der Waals surface area (Å²) in [6.45, 7) is 10.4. The number of nitrogens with one attached hydrogen (secondary N) is 2. The van der Waals surface area contributed by atoms with E-state index in [1.54, 1.807) is 0 Å². The molecule has 0 heterocycles. The second kappa shape index (κ2) is 11.1. The summed E-state index contributed by atoms with van der Waals surface area (Å²) in [5.74, 6) is 1.31. The van der Waals surface area contributed by atoms with Crippen molar-refractivity contribution in [1.82, 2.24) is 10.6 Å². The highest BCUT2D eigenvalue weighted by Crippen LogP contribution is 2.14. The summed E-state index contributed by atoms with van der Waals surface area (Å²) in [6.07, 6.45) is 0.993. The third-order valence-corrected chi connectivity index (χ3v) is 3.20. The highest BCUT2D eigenvalue weighted by molar-refractivity contribution is 5.79. The molecule has 0 aromatic heterocycles. The molecule has 0 saturated carbocycles. The Kier molecular flexibility index (Phi) is 9.29. The zero-order chi connectivity index (χ0) is 15.3. The van der Waals surface area contributed by atoms with E-state index >= 15 is 0 Å². The summed E-state index contributed by atoms with van der Waals surface area (Å²) in [5.41, 5.74) is 1.33. The fourth-order valence-electron chi connectivity index (χ4n) is 1.98. The molecule has 1 aromatic rings. The number of nitrogens with zero attached hydrogens (tertiary/aromatic N) is 1. The molecule has 1 atom stereocenters. The maximum Gasteiger partial charge on any atom is 0.191 e. The predicted octanol–water partition coefficient (Wildman–Crippen LogP) is 2.77. The van der Waals surface area contributed by atoms with Crippen LogP contribution in [0.25, 0.3) is 0 Å². The van der Waals surface area contributed by atoms with Crippen LogP contribution >= 0.6 is 0 Å². The molecule has 0 aliphatic rings. The predicted molar refractivity (Wildman–Crippen MR) is 89.9 cm³/mol. The SMILES string of the molecule is CCNC(=NCC(C)c1ccccc1)NCCCOCC. The van der Waals surface area contributed by atoms with Crippen LogP contribution in [0.5, 0.6) is 0 Å². The molecule has 1 rings (SSSR count). The van der Waals surface area contributed by atoms with Crippen molar-refractivity contribution in [2.24, 2.45) is 4.99 Å². The zero-order valence-electron chi connectivity index (χ0n) is 13.6. The molecule has 0 fully saturated rings. The van der Waals surface area contributed by atoms with E-state index in [4.69, 9.17) is 4.74 Å². The lowest BCUT2D eigenvalue weighted by Crippen LogP contribution is -2.38. The quantitative estimate of drug-likeness (QED) is 0.418. The first-order chi connectivity index (χ1) is 10.3. The average molecular weight is 291 g/mol. The molecule has 4 nitrogen and oxygen atoms in total. The highest BCUT2D eigenvalue weighted by Gasteiger charge is 2.04. The molecular weight excluding hydrogens is 262 g/mol. The number of rotatable bonds is 9. The van der Waals surface area contributed by atoms with Crippen LogP contribution in [0.3, 0.4) is 0 Å². The molecule has 118 valence electrons. The van der Waals surface area contributed by atoms with E-state index in [1.807, 2.05) is 13.0 Å². The van der Waals surface area contributed by atoms with Crippen molar-refractivity contribution in [2.75, 3.05) is 32.8 Å². The van der Waals surface area contributed by atoms with Crippen LogP contribution in [0.4, 0.5) is 0 Å². The smallest absolute Gasteiger partial charge is 0.191 e. The van der Waals surface area contributed by atoms with E-state index in [0.29, 0.717) is 5.92 Å². The van der Waals surface area contributed by atoms with Gasteiger partial charge in [-0.1, -0.05) is 37.3 Å². The van der Waals surface area contributed by atoms with Gasteiger partial charge >= 0.3 is 0 Å². The highest BCUT2D eigenvalue weighted by atomic mass is 16.5. The van der Waals surface area contributed by atoms with E-state index < -0.39 is 0 Å². The minimum absolute atomic E-state index is 0.421. The maximum absolute atomic E-state index is 5.33. The molecule has 0 aliphatic carbocycles. The third kappa shape index (κ3) is 7.71. The lowest BCUT2D eigenvalue weighted by molar-refractivity contribution is 0.145. The number of hydrogen-bond acceptors (Lipinski definition) is 2. The van der Waals surface area contributed by atoms with E-state index in [1.165, 1.54) is 5.56 Å². The Morgan fingerprint density at radius 1 is 1.19 bits per heavy atom. The number of ether oxygens (including phenoxy) is 1. The normalized spacial score (nSPS) is 13.0. The minimum Gasteiger partial charge on any atom is -0.382 e. The minimum atomic E-state index is 0.421. The number of guanidine groups is 1. The second-order valence-corrected chi connectivity index (χ2v) is 5.01. The molecule has 1 unspecified atom stereocenters. The van der Waals surface area contributed by atoms with Crippen LogP contribution in [-0.4, -0.2) is 38.8 Å². The molecule has 2 N–H and O–H groups in total. The zero-order valence-corrected chi connectivity index (χ0v) is 13.6. The lowest BCUT2D eigenvalue weighted by Gasteiger charge is -2.13. The van der Waals surface area contributed by atoms with Gasteiger partial charge in [0.25, 0.3) is 0 Å². The van der Waals surface area contributed by atoms with E-state index in [-0.39, 0.29) is 0 Å². The van der Waals surface area contributed by atoms with Gasteiger partial charge in [0.2, 0.25) is 0 Å². The van der Waals surface area contributed by atoms with E-state index in [0.717, 1.165) is 45.2 Å². The fraction of sp³-hybridized carbons (Fsp3) is 0.588. The van der Waals surface area contributed by atoms with Crippen LogP contribution in [0.2, 0.25) is 0 Å². The Bertz CT molecular complexity index is 392. The van der Waals surface area contributed by atoms with Gasteiger partial charge in [-0.25, -0.2) is 0 Å². The number of hydrogen-bond donors (Lipinski definition) is 2. The standard InChI is InChI=1S/C17H29N3O/c1-4-18-17(19-12-9-13-21-5-2)20-14-15(3)16-10-7-6-8-11-16/h6-8,10-11,15H,4-5,9,12-14H2,1-3H3,(H2,18,19,20). The average Bonchev–Trinajstić information content (AvgIpc) is 2.52. The Morgan fingerprint density at radius 2 is 1.95 bits per heavy atom. The molecule has 0 spiro atoms. The lowest BCUT2D eigenvalue weighted by atomic mass is 10.0. The first kappa shape index (κ1) is 17.5. The van der Waals surface area contributed by atoms with Crippen molar-refractivity contribution >= 4 is 5.96 Å². The molecule has 1 aromatic carbocycles. The van der Waals surface area contributed by atoms with Crippen LogP contribution in [0.15, 0.2) is 35.3 Å². The van der Waals surface area contributed by atoms with Gasteiger partial charge in [0.05, 0.1) is 0 Å². The van der Waals surface area contributed by atoms with Crippen molar-refractivity contribution < 1.29 is 4.74 Å². The topological polar surface area (TPSA) is 45.7 Å². The van der Waals surface area contributed by atoms with Crippen molar-refractivity contribution in [3.05, 3.63) is 35.9 Å². The van der Waals surface area contributed by atoms with Crippen molar-refractivity contribution in [3.63, 3.8) is 0 Å². The van der Waals surface area contributed by atoms with E-state index in [9.17, 15) is 0 Å². The first-order valence-electron chi connectivity index (χ1n) is 7.92. The number of aliphatic imine (C=N–C) groups is 1. The van der Waals surface area contributed by atoms with Gasteiger partial charge < -0.3 is 15.4 Å². The molecule has 0 amide bonds. The maximum atomic E-state index is 5.33. The molecule has 0 aliphatic heterocycles. The summed E-state index contributed by atoms with van der Waals surface area (Å²) in [6, 6.07) is 10.5. The van der Waals surface area contributed by atoms with Gasteiger partial charge in [0.1, 0.15) is 0 Å². The Morgan fingerprint density at radius 3 is 2.62 bits per heavy atom. The van der Waals surface area contributed by atoms with Gasteiger partial charge in [0, 0.05) is 38.8 Å². The molecule has 0 radical (unpaired) electrons. The van der Waals surface area contributed by atoms with Crippen LogP contribution in [0.1, 0.15) is 38.7 Å². The summed E-state index contributed by atoms with van der Waals surface area (Å²) >= 11 is 0. The summed E-state index contributed by atoms with van der Waals surface area (Å²) in [4.78, 5) is 4.66. The van der Waals surface area contributed by atoms with Crippen LogP contribution in [0, 0.1) is 0 Å². The molecule has 0 bridgehead atoms. The first-order valence-corrected chi connectivity index (χ1v) is 7.92. The van der Waals surface area contributed by atoms with Gasteiger partial charge in [0.15, 0.2) is 5.96 Å². The van der Waals surface area contributed by atoms with Crippen molar-refractivity contribution in [2.45, 2.75) is 33.1 Å². The Balaban J connectivity index is 2.40. The molecule has 0 saturated heterocycles. The van der Waals surface area contributed by atoms with Gasteiger partial charge in [-0.15, -0.1) is 0 Å². The van der Waals surface area contributed by atoms with Crippen LogP contribution in [-0.2, 0) is 4.74 Å². The summed E-state index contributed by atoms with van der Waals surface area (Å²) in [7, 11) is 0. The van der Waals surface area contributed by atoms with Crippen molar-refractivity contribution in [3.8, 4) is 0 Å². The van der Waals surface area contributed by atoms with Gasteiger partial charge in [-0.05, 0) is 25.8 Å². The molecule has 21 heavy (non-hydrogen) atoms. The number of benzene rings is 1. The Labute approximate surface area is 129 Å². The third-order valence-electron chi connectivity index (χ3n) is 3.20. The molecular formula is C17H29N3O. The summed E-state index contributed by atoms with van der Waals surface area (Å²) in [5, 5.41) is 6.62.